The fraction of sp³-hybridized carbons (Fsp3) is 0.133. The molecule has 0 saturated carbocycles. The van der Waals surface area contributed by atoms with Crippen molar-refractivity contribution in [3.63, 3.8) is 0 Å². The van der Waals surface area contributed by atoms with E-state index in [2.05, 4.69) is 19.8 Å². The van der Waals surface area contributed by atoms with Crippen LogP contribution in [0.2, 0.25) is 0 Å². The molecule has 0 saturated heterocycles. The summed E-state index contributed by atoms with van der Waals surface area (Å²) in [5, 5.41) is 3.87. The summed E-state index contributed by atoms with van der Waals surface area (Å²) in [6.07, 6.45) is 7.81. The number of aryl methyl sites for hydroxylation is 1. The molecule has 3 rings (SSSR count). The van der Waals surface area contributed by atoms with Gasteiger partial charge in [0, 0.05) is 43.9 Å². The molecule has 3 heterocycles. The Morgan fingerprint density at radius 2 is 1.96 bits per heavy atom. The van der Waals surface area contributed by atoms with Crippen molar-refractivity contribution in [2.45, 2.75) is 11.4 Å². The van der Waals surface area contributed by atoms with Crippen LogP contribution in [-0.2, 0) is 23.6 Å². The van der Waals surface area contributed by atoms with Crippen LogP contribution in [0, 0.1) is 0 Å². The molecule has 7 nitrogen and oxygen atoms in total. The Morgan fingerprint density at radius 3 is 2.65 bits per heavy atom. The Balaban J connectivity index is 1.76. The van der Waals surface area contributed by atoms with Gasteiger partial charge in [-0.3, -0.25) is 14.6 Å². The first-order chi connectivity index (χ1) is 11.0. The number of sulfonamides is 1. The third-order valence-corrected chi connectivity index (χ3v) is 4.61. The normalized spacial score (nSPS) is 11.5. The highest BCUT2D eigenvalue weighted by Gasteiger charge is 2.15. The van der Waals surface area contributed by atoms with E-state index in [0.29, 0.717) is 0 Å². The van der Waals surface area contributed by atoms with Crippen LogP contribution < -0.4 is 4.72 Å². The van der Waals surface area contributed by atoms with E-state index in [1.165, 1.54) is 17.1 Å². The van der Waals surface area contributed by atoms with E-state index in [9.17, 15) is 8.42 Å². The summed E-state index contributed by atoms with van der Waals surface area (Å²) in [6.45, 7) is 0.178. The molecule has 0 aromatic carbocycles. The highest BCUT2D eigenvalue weighted by molar-refractivity contribution is 7.89. The van der Waals surface area contributed by atoms with Gasteiger partial charge in [-0.15, -0.1) is 0 Å². The summed E-state index contributed by atoms with van der Waals surface area (Å²) in [4.78, 5) is 8.41. The zero-order valence-corrected chi connectivity index (χ0v) is 13.2. The SMILES string of the molecule is Cn1cc(S(=O)(=O)NCc2ccnc(-c3ccncc3)c2)cn1. The Labute approximate surface area is 134 Å². The second-order valence-corrected chi connectivity index (χ2v) is 6.73. The molecule has 3 aromatic rings. The standard InChI is InChI=1S/C15H15N5O2S/c1-20-11-14(10-18-20)23(21,22)19-9-12-2-7-17-15(8-12)13-3-5-16-6-4-13/h2-8,10-11,19H,9H2,1H3. The molecule has 1 N–H and O–H groups in total. The fourth-order valence-corrected chi connectivity index (χ4v) is 3.06. The van der Waals surface area contributed by atoms with Gasteiger partial charge < -0.3 is 0 Å². The molecular weight excluding hydrogens is 314 g/mol. The van der Waals surface area contributed by atoms with Gasteiger partial charge in [-0.05, 0) is 29.8 Å². The third kappa shape index (κ3) is 3.61. The van der Waals surface area contributed by atoms with Gasteiger partial charge in [0.2, 0.25) is 10.0 Å². The number of nitrogens with one attached hydrogen (secondary N) is 1. The molecule has 0 amide bonds. The van der Waals surface area contributed by atoms with E-state index in [1.54, 1.807) is 31.7 Å². The Kier molecular flexibility index (Phi) is 4.18. The van der Waals surface area contributed by atoms with Crippen LogP contribution in [0.3, 0.4) is 0 Å². The number of rotatable bonds is 5. The summed E-state index contributed by atoms with van der Waals surface area (Å²) < 4.78 is 28.4. The number of pyridine rings is 2. The molecule has 23 heavy (non-hydrogen) atoms. The van der Waals surface area contributed by atoms with E-state index < -0.39 is 10.0 Å². The van der Waals surface area contributed by atoms with Crippen LogP contribution in [0.15, 0.2) is 60.1 Å². The van der Waals surface area contributed by atoms with Crippen LogP contribution in [0.5, 0.6) is 0 Å². The average molecular weight is 329 g/mol. The molecular formula is C15H15N5O2S. The van der Waals surface area contributed by atoms with Gasteiger partial charge in [0.25, 0.3) is 0 Å². The lowest BCUT2D eigenvalue weighted by Crippen LogP contribution is -2.22. The van der Waals surface area contributed by atoms with Crippen molar-refractivity contribution in [2.24, 2.45) is 7.05 Å². The molecule has 0 spiro atoms. The van der Waals surface area contributed by atoms with Crippen LogP contribution in [0.25, 0.3) is 11.3 Å². The Morgan fingerprint density at radius 1 is 1.17 bits per heavy atom. The van der Waals surface area contributed by atoms with Gasteiger partial charge in [-0.2, -0.15) is 5.10 Å². The maximum atomic E-state index is 12.2. The molecule has 0 fully saturated rings. The number of nitrogens with zero attached hydrogens (tertiary/aromatic N) is 4. The highest BCUT2D eigenvalue weighted by atomic mass is 32.2. The first-order valence-electron chi connectivity index (χ1n) is 6.88. The van der Waals surface area contributed by atoms with E-state index in [-0.39, 0.29) is 11.4 Å². The lowest BCUT2D eigenvalue weighted by atomic mass is 10.1. The fourth-order valence-electron chi connectivity index (χ4n) is 2.06. The van der Waals surface area contributed by atoms with Crippen LogP contribution >= 0.6 is 0 Å². The molecule has 0 aliphatic heterocycles. The van der Waals surface area contributed by atoms with E-state index in [4.69, 9.17) is 0 Å². The predicted molar refractivity (Wildman–Crippen MR) is 84.7 cm³/mol. The largest absolute Gasteiger partial charge is 0.274 e. The summed E-state index contributed by atoms with van der Waals surface area (Å²) in [7, 11) is -1.91. The van der Waals surface area contributed by atoms with E-state index in [1.807, 2.05) is 18.2 Å². The second-order valence-electron chi connectivity index (χ2n) is 4.96. The maximum Gasteiger partial charge on any atom is 0.243 e. The minimum Gasteiger partial charge on any atom is -0.274 e. The molecule has 8 heteroatoms. The first-order valence-corrected chi connectivity index (χ1v) is 8.36. The maximum absolute atomic E-state index is 12.2. The lowest BCUT2D eigenvalue weighted by Gasteiger charge is -2.06. The zero-order chi connectivity index (χ0) is 16.3. The average Bonchev–Trinajstić information content (AvgIpc) is 3.02. The van der Waals surface area contributed by atoms with E-state index in [0.717, 1.165) is 16.8 Å². The summed E-state index contributed by atoms with van der Waals surface area (Å²) in [5.74, 6) is 0. The molecule has 0 aliphatic rings. The quantitative estimate of drug-likeness (QED) is 0.763. The van der Waals surface area contributed by atoms with Crippen LogP contribution in [0.1, 0.15) is 5.56 Å². The van der Waals surface area contributed by atoms with Crippen molar-refractivity contribution < 1.29 is 8.42 Å². The van der Waals surface area contributed by atoms with Crippen molar-refractivity contribution in [2.75, 3.05) is 0 Å². The van der Waals surface area contributed by atoms with Crippen molar-refractivity contribution in [3.8, 4) is 11.3 Å². The molecule has 0 aliphatic carbocycles. The van der Waals surface area contributed by atoms with Crippen molar-refractivity contribution >= 4 is 10.0 Å². The number of hydrogen-bond donors (Lipinski definition) is 1. The predicted octanol–water partition coefficient (Wildman–Crippen LogP) is 1.36. The van der Waals surface area contributed by atoms with Gasteiger partial charge in [0.15, 0.2) is 0 Å². The Hall–Kier alpha value is -2.58. The Bertz CT molecular complexity index is 906. The van der Waals surface area contributed by atoms with E-state index >= 15 is 0 Å². The van der Waals surface area contributed by atoms with Crippen LogP contribution in [-0.4, -0.2) is 28.2 Å². The minimum atomic E-state index is -3.58. The van der Waals surface area contributed by atoms with Gasteiger partial charge in [-0.25, -0.2) is 13.1 Å². The zero-order valence-electron chi connectivity index (χ0n) is 12.4. The van der Waals surface area contributed by atoms with Crippen LogP contribution in [0.4, 0.5) is 0 Å². The minimum absolute atomic E-state index is 0.142. The molecule has 0 atom stereocenters. The monoisotopic (exact) mass is 329 g/mol. The third-order valence-electron chi connectivity index (χ3n) is 3.26. The highest BCUT2D eigenvalue weighted by Crippen LogP contribution is 2.17. The molecule has 118 valence electrons. The second kappa shape index (κ2) is 6.27. The molecule has 0 bridgehead atoms. The molecule has 0 radical (unpaired) electrons. The number of aromatic nitrogens is 4. The van der Waals surface area contributed by atoms with Gasteiger partial charge in [0.05, 0.1) is 11.9 Å². The van der Waals surface area contributed by atoms with Gasteiger partial charge in [0.1, 0.15) is 4.90 Å². The topological polar surface area (TPSA) is 89.8 Å². The summed E-state index contributed by atoms with van der Waals surface area (Å²) in [6, 6.07) is 7.33. The lowest BCUT2D eigenvalue weighted by molar-refractivity contribution is 0.581. The van der Waals surface area contributed by atoms with Crippen molar-refractivity contribution in [3.05, 3.63) is 60.8 Å². The summed E-state index contributed by atoms with van der Waals surface area (Å²) >= 11 is 0. The van der Waals surface area contributed by atoms with Crippen molar-refractivity contribution in [1.82, 2.24) is 24.5 Å². The number of hydrogen-bond acceptors (Lipinski definition) is 5. The first kappa shape index (κ1) is 15.3. The van der Waals surface area contributed by atoms with Gasteiger partial charge in [-0.1, -0.05) is 0 Å². The van der Waals surface area contributed by atoms with Crippen molar-refractivity contribution in [1.29, 1.82) is 0 Å². The summed E-state index contributed by atoms with van der Waals surface area (Å²) in [5.41, 5.74) is 2.52. The molecule has 0 unspecified atom stereocenters. The smallest absolute Gasteiger partial charge is 0.243 e. The molecule has 3 aromatic heterocycles. The van der Waals surface area contributed by atoms with Gasteiger partial charge >= 0.3 is 0 Å².